The van der Waals surface area contributed by atoms with Gasteiger partial charge in [-0.1, -0.05) is 29.8 Å². The first-order valence-corrected chi connectivity index (χ1v) is 8.38. The zero-order valence-corrected chi connectivity index (χ0v) is 15.8. The third-order valence-corrected chi connectivity index (χ3v) is 3.21. The van der Waals surface area contributed by atoms with Crippen LogP contribution in [0.3, 0.4) is 0 Å². The molecule has 1 rings (SSSR count). The van der Waals surface area contributed by atoms with Crippen molar-refractivity contribution in [2.24, 2.45) is 5.92 Å². The Kier molecular flexibility index (Phi) is 7.06. The average molecular weight is 386 g/mol. The van der Waals surface area contributed by atoms with Gasteiger partial charge in [0.1, 0.15) is 11.3 Å². The third-order valence-electron chi connectivity index (χ3n) is 2.84. The molecule has 0 bridgehead atoms. The van der Waals surface area contributed by atoms with Crippen LogP contribution in [0.5, 0.6) is 5.75 Å². The van der Waals surface area contributed by atoms with Gasteiger partial charge >= 0.3 is 5.97 Å². The Morgan fingerprint density at radius 1 is 1.30 bits per heavy atom. The highest BCUT2D eigenvalue weighted by Crippen LogP contribution is 2.26. The van der Waals surface area contributed by atoms with Crippen molar-refractivity contribution in [2.45, 2.75) is 38.9 Å². The number of amides is 1. The van der Waals surface area contributed by atoms with Crippen molar-refractivity contribution < 1.29 is 19.1 Å². The lowest BCUT2D eigenvalue weighted by Gasteiger charge is -2.17. The normalized spacial score (nSPS) is 11.3. The molecule has 0 aliphatic carbocycles. The molecule has 128 valence electrons. The van der Waals surface area contributed by atoms with E-state index in [1.165, 1.54) is 0 Å². The quantitative estimate of drug-likeness (QED) is 0.568. The van der Waals surface area contributed by atoms with E-state index in [0.717, 1.165) is 0 Å². The van der Waals surface area contributed by atoms with E-state index in [9.17, 15) is 9.59 Å². The van der Waals surface area contributed by atoms with E-state index in [0.29, 0.717) is 29.5 Å². The highest BCUT2D eigenvalue weighted by atomic mass is 79.9. The van der Waals surface area contributed by atoms with Crippen molar-refractivity contribution in [3.05, 3.63) is 23.8 Å². The number of ether oxygens (including phenoxy) is 2. The fraction of sp³-hybridized carbons (Fsp3) is 0.529. The van der Waals surface area contributed by atoms with Crippen LogP contribution < -0.4 is 10.1 Å². The second kappa shape index (κ2) is 8.34. The monoisotopic (exact) mass is 385 g/mol. The second-order valence-electron chi connectivity index (χ2n) is 6.06. The maximum Gasteiger partial charge on any atom is 0.341 e. The maximum absolute atomic E-state index is 12.1. The summed E-state index contributed by atoms with van der Waals surface area (Å²) in [6.45, 7) is 10.0. The zero-order chi connectivity index (χ0) is 17.6. The lowest BCUT2D eigenvalue weighted by atomic mass is 10.1. The standard InChI is InChI=1S/C17H24BrNO4/c1-6-22-15(20)13-9-12(19-16(21)17(4,5)18)7-8-14(13)23-10-11(2)3/h7-9,11H,6,10H2,1-5H3,(H,19,21). The predicted octanol–water partition coefficient (Wildman–Crippen LogP) is 4.01. The van der Waals surface area contributed by atoms with Gasteiger partial charge in [0.05, 0.1) is 17.5 Å². The number of carbonyl (C=O) groups excluding carboxylic acids is 2. The van der Waals surface area contributed by atoms with E-state index in [-0.39, 0.29) is 12.5 Å². The van der Waals surface area contributed by atoms with Crippen LogP contribution in [0.2, 0.25) is 0 Å². The smallest absolute Gasteiger partial charge is 0.341 e. The number of carbonyl (C=O) groups is 2. The van der Waals surface area contributed by atoms with Gasteiger partial charge in [0.25, 0.3) is 0 Å². The fourth-order valence-corrected chi connectivity index (χ4v) is 1.74. The van der Waals surface area contributed by atoms with Gasteiger partial charge in [-0.15, -0.1) is 0 Å². The van der Waals surface area contributed by atoms with E-state index < -0.39 is 10.3 Å². The Hall–Kier alpha value is -1.56. The lowest BCUT2D eigenvalue weighted by Crippen LogP contribution is -2.31. The molecule has 0 spiro atoms. The van der Waals surface area contributed by atoms with Crippen molar-refractivity contribution in [3.8, 4) is 5.75 Å². The zero-order valence-electron chi connectivity index (χ0n) is 14.2. The Morgan fingerprint density at radius 2 is 1.96 bits per heavy atom. The van der Waals surface area contributed by atoms with Crippen LogP contribution in [0.25, 0.3) is 0 Å². The predicted molar refractivity (Wildman–Crippen MR) is 94.4 cm³/mol. The van der Waals surface area contributed by atoms with Gasteiger partial charge < -0.3 is 14.8 Å². The molecule has 0 unspecified atom stereocenters. The summed E-state index contributed by atoms with van der Waals surface area (Å²) >= 11 is 3.30. The molecule has 0 atom stereocenters. The molecule has 0 aliphatic rings. The number of esters is 1. The largest absolute Gasteiger partial charge is 0.492 e. The first kappa shape index (κ1) is 19.5. The van der Waals surface area contributed by atoms with Crippen LogP contribution >= 0.6 is 15.9 Å². The minimum atomic E-state index is -0.704. The van der Waals surface area contributed by atoms with E-state index in [1.54, 1.807) is 39.0 Å². The van der Waals surface area contributed by atoms with Crippen LogP contribution in [0.1, 0.15) is 45.0 Å². The number of halogens is 1. The van der Waals surface area contributed by atoms with Gasteiger partial charge in [0.15, 0.2) is 0 Å². The Balaban J connectivity index is 3.06. The maximum atomic E-state index is 12.1. The molecule has 0 heterocycles. The first-order chi connectivity index (χ1) is 10.6. The van der Waals surface area contributed by atoms with Crippen LogP contribution in [-0.4, -0.2) is 29.4 Å². The summed E-state index contributed by atoms with van der Waals surface area (Å²) in [6.07, 6.45) is 0. The molecule has 0 aromatic heterocycles. The van der Waals surface area contributed by atoms with Gasteiger partial charge in [-0.3, -0.25) is 4.79 Å². The van der Waals surface area contributed by atoms with Crippen LogP contribution in [-0.2, 0) is 9.53 Å². The summed E-state index contributed by atoms with van der Waals surface area (Å²) < 4.78 is 10.0. The molecular formula is C17H24BrNO4. The topological polar surface area (TPSA) is 64.6 Å². The molecule has 0 aliphatic heterocycles. The number of hydrogen-bond acceptors (Lipinski definition) is 4. The summed E-state index contributed by atoms with van der Waals surface area (Å²) in [5, 5.41) is 2.76. The SMILES string of the molecule is CCOC(=O)c1cc(NC(=O)C(C)(C)Br)ccc1OCC(C)C. The molecule has 6 heteroatoms. The summed E-state index contributed by atoms with van der Waals surface area (Å²) in [5.74, 6) is 0.107. The highest BCUT2D eigenvalue weighted by Gasteiger charge is 2.24. The first-order valence-electron chi connectivity index (χ1n) is 7.59. The lowest BCUT2D eigenvalue weighted by molar-refractivity contribution is -0.117. The molecule has 1 aromatic rings. The number of anilines is 1. The van der Waals surface area contributed by atoms with Gasteiger partial charge in [-0.2, -0.15) is 0 Å². The van der Waals surface area contributed by atoms with Crippen molar-refractivity contribution in [3.63, 3.8) is 0 Å². The van der Waals surface area contributed by atoms with Gasteiger partial charge in [-0.05, 0) is 44.9 Å². The Morgan fingerprint density at radius 3 is 2.48 bits per heavy atom. The van der Waals surface area contributed by atoms with Crippen molar-refractivity contribution in [1.29, 1.82) is 0 Å². The summed E-state index contributed by atoms with van der Waals surface area (Å²) in [6, 6.07) is 4.95. The number of benzene rings is 1. The van der Waals surface area contributed by atoms with Crippen molar-refractivity contribution in [2.75, 3.05) is 18.5 Å². The molecular weight excluding hydrogens is 362 g/mol. The van der Waals surface area contributed by atoms with E-state index in [1.807, 2.05) is 13.8 Å². The van der Waals surface area contributed by atoms with E-state index in [2.05, 4.69) is 21.2 Å². The molecule has 1 amide bonds. The number of alkyl halides is 1. The van der Waals surface area contributed by atoms with E-state index >= 15 is 0 Å². The Labute approximate surface area is 145 Å². The molecule has 1 N–H and O–H groups in total. The Bertz CT molecular complexity index is 564. The fourth-order valence-electron chi connectivity index (χ4n) is 1.64. The molecule has 0 radical (unpaired) electrons. The van der Waals surface area contributed by atoms with Crippen LogP contribution in [0.15, 0.2) is 18.2 Å². The molecule has 23 heavy (non-hydrogen) atoms. The number of nitrogens with one attached hydrogen (secondary N) is 1. The molecule has 0 fully saturated rings. The summed E-state index contributed by atoms with van der Waals surface area (Å²) in [4.78, 5) is 24.2. The van der Waals surface area contributed by atoms with Gasteiger partial charge in [0.2, 0.25) is 5.91 Å². The van der Waals surface area contributed by atoms with Crippen molar-refractivity contribution >= 4 is 33.5 Å². The minimum Gasteiger partial charge on any atom is -0.492 e. The molecule has 0 saturated heterocycles. The van der Waals surface area contributed by atoms with Crippen LogP contribution in [0.4, 0.5) is 5.69 Å². The number of hydrogen-bond donors (Lipinski definition) is 1. The van der Waals surface area contributed by atoms with Crippen LogP contribution in [0, 0.1) is 5.92 Å². The average Bonchev–Trinajstić information content (AvgIpc) is 2.44. The summed E-state index contributed by atoms with van der Waals surface area (Å²) in [7, 11) is 0. The highest BCUT2D eigenvalue weighted by molar-refractivity contribution is 9.10. The van der Waals surface area contributed by atoms with Crippen molar-refractivity contribution in [1.82, 2.24) is 0 Å². The minimum absolute atomic E-state index is 0.205. The molecule has 0 saturated carbocycles. The van der Waals surface area contributed by atoms with Gasteiger partial charge in [-0.25, -0.2) is 4.79 Å². The molecule has 1 aromatic carbocycles. The van der Waals surface area contributed by atoms with E-state index in [4.69, 9.17) is 9.47 Å². The second-order valence-corrected chi connectivity index (χ2v) is 8.05. The summed E-state index contributed by atoms with van der Waals surface area (Å²) in [5.41, 5.74) is 0.820. The number of rotatable bonds is 7. The van der Waals surface area contributed by atoms with Gasteiger partial charge in [0, 0.05) is 5.69 Å². The third kappa shape index (κ3) is 6.22. The molecule has 5 nitrogen and oxygen atoms in total.